The molecule has 1 aromatic rings. The summed E-state index contributed by atoms with van der Waals surface area (Å²) in [4.78, 5) is 29.5. The number of nitrogens with one attached hydrogen (secondary N) is 1. The van der Waals surface area contributed by atoms with Gasteiger partial charge in [-0.3, -0.25) is 14.5 Å². The molecule has 160 valence electrons. The molecule has 0 aliphatic carbocycles. The number of nitrogens with zero attached hydrogens (tertiary/aromatic N) is 2. The standard InChI is InChI=1S/C21H29ClFN3O2S/c1-21(2,3)20(28)26-13-29-12-17(26)19(27)24-11-16(25-9-4-5-10-25)18-14(22)7-6-8-15(18)23/h6-8,16-17H,4-5,9-13H2,1-3H3,(H,24,27). The Hall–Kier alpha value is -1.31. The number of likely N-dealkylation sites (tertiary alicyclic amines) is 1. The fraction of sp³-hybridized carbons (Fsp3) is 0.619. The van der Waals surface area contributed by atoms with E-state index in [0.717, 1.165) is 25.9 Å². The second-order valence-electron chi connectivity index (χ2n) is 8.68. The molecular formula is C21H29ClFN3O2S. The topological polar surface area (TPSA) is 52.7 Å². The fourth-order valence-corrected chi connectivity index (χ4v) is 5.34. The molecule has 2 heterocycles. The van der Waals surface area contributed by atoms with Crippen LogP contribution in [-0.4, -0.2) is 58.9 Å². The number of amides is 2. The average molecular weight is 442 g/mol. The Morgan fingerprint density at radius 1 is 1.31 bits per heavy atom. The summed E-state index contributed by atoms with van der Waals surface area (Å²) >= 11 is 7.90. The van der Waals surface area contributed by atoms with Crippen LogP contribution in [0.2, 0.25) is 5.02 Å². The van der Waals surface area contributed by atoms with E-state index in [1.807, 2.05) is 20.8 Å². The number of hydrogen-bond donors (Lipinski definition) is 1. The van der Waals surface area contributed by atoms with Gasteiger partial charge < -0.3 is 10.2 Å². The summed E-state index contributed by atoms with van der Waals surface area (Å²) < 4.78 is 14.6. The normalized spacial score (nSPS) is 21.4. The van der Waals surface area contributed by atoms with E-state index in [4.69, 9.17) is 11.6 Å². The highest BCUT2D eigenvalue weighted by Gasteiger charge is 2.39. The van der Waals surface area contributed by atoms with Crippen LogP contribution in [-0.2, 0) is 9.59 Å². The van der Waals surface area contributed by atoms with Gasteiger partial charge in [0, 0.05) is 28.3 Å². The van der Waals surface area contributed by atoms with Crippen molar-refractivity contribution in [3.8, 4) is 0 Å². The van der Waals surface area contributed by atoms with Crippen molar-refractivity contribution in [2.75, 3.05) is 31.3 Å². The van der Waals surface area contributed by atoms with Gasteiger partial charge in [-0.1, -0.05) is 38.4 Å². The molecule has 1 N–H and O–H groups in total. The lowest BCUT2D eigenvalue weighted by Crippen LogP contribution is -2.51. The third kappa shape index (κ3) is 5.06. The lowest BCUT2D eigenvalue weighted by Gasteiger charge is -2.32. The minimum absolute atomic E-state index is 0.0316. The van der Waals surface area contributed by atoms with Gasteiger partial charge >= 0.3 is 0 Å². The molecule has 0 radical (unpaired) electrons. The lowest BCUT2D eigenvalue weighted by molar-refractivity contribution is -0.144. The SMILES string of the molecule is CC(C)(C)C(=O)N1CSCC1C(=O)NCC(c1c(F)cccc1Cl)N1CCCC1. The summed E-state index contributed by atoms with van der Waals surface area (Å²) in [6.07, 6.45) is 2.09. The lowest BCUT2D eigenvalue weighted by atomic mass is 9.94. The highest BCUT2D eigenvalue weighted by atomic mass is 35.5. The van der Waals surface area contributed by atoms with E-state index in [0.29, 0.717) is 22.2 Å². The zero-order chi connectivity index (χ0) is 21.2. The Labute approximate surface area is 181 Å². The van der Waals surface area contributed by atoms with Crippen LogP contribution in [0.25, 0.3) is 0 Å². The molecule has 3 rings (SSSR count). The summed E-state index contributed by atoms with van der Waals surface area (Å²) in [5.74, 6) is 0.510. The Morgan fingerprint density at radius 3 is 2.62 bits per heavy atom. The first-order valence-electron chi connectivity index (χ1n) is 10.0. The molecule has 0 spiro atoms. The van der Waals surface area contributed by atoms with Gasteiger partial charge in [-0.15, -0.1) is 11.8 Å². The maximum absolute atomic E-state index is 14.6. The predicted molar refractivity (Wildman–Crippen MR) is 115 cm³/mol. The summed E-state index contributed by atoms with van der Waals surface area (Å²) in [7, 11) is 0. The monoisotopic (exact) mass is 441 g/mol. The van der Waals surface area contributed by atoms with Crippen LogP contribution >= 0.6 is 23.4 Å². The minimum atomic E-state index is -0.539. The van der Waals surface area contributed by atoms with Crippen molar-refractivity contribution >= 4 is 35.2 Å². The smallest absolute Gasteiger partial charge is 0.243 e. The van der Waals surface area contributed by atoms with Crippen LogP contribution in [0.5, 0.6) is 0 Å². The average Bonchev–Trinajstić information content (AvgIpc) is 3.34. The molecule has 2 aliphatic rings. The quantitative estimate of drug-likeness (QED) is 0.757. The van der Waals surface area contributed by atoms with Crippen LogP contribution in [0, 0.1) is 11.2 Å². The molecule has 2 unspecified atom stereocenters. The van der Waals surface area contributed by atoms with E-state index >= 15 is 0 Å². The van der Waals surface area contributed by atoms with Gasteiger partial charge in [0.2, 0.25) is 11.8 Å². The second kappa shape index (κ2) is 9.23. The van der Waals surface area contributed by atoms with Crippen LogP contribution in [0.4, 0.5) is 4.39 Å². The van der Waals surface area contributed by atoms with Crippen LogP contribution in [0.1, 0.15) is 45.2 Å². The Bertz CT molecular complexity index is 745. The van der Waals surface area contributed by atoms with E-state index in [1.165, 1.54) is 6.07 Å². The van der Waals surface area contributed by atoms with Crippen molar-refractivity contribution in [3.05, 3.63) is 34.6 Å². The van der Waals surface area contributed by atoms with Crippen molar-refractivity contribution in [2.24, 2.45) is 5.41 Å². The molecule has 29 heavy (non-hydrogen) atoms. The number of rotatable bonds is 5. The molecule has 2 saturated heterocycles. The maximum Gasteiger partial charge on any atom is 0.243 e. The summed E-state index contributed by atoms with van der Waals surface area (Å²) in [5.41, 5.74) is -0.109. The first-order valence-corrected chi connectivity index (χ1v) is 11.6. The zero-order valence-corrected chi connectivity index (χ0v) is 18.8. The highest BCUT2D eigenvalue weighted by Crippen LogP contribution is 2.32. The van der Waals surface area contributed by atoms with E-state index in [1.54, 1.807) is 28.8 Å². The number of carbonyl (C=O) groups is 2. The number of benzene rings is 1. The van der Waals surface area contributed by atoms with Crippen LogP contribution in [0.3, 0.4) is 0 Å². The van der Waals surface area contributed by atoms with Gasteiger partial charge in [-0.25, -0.2) is 4.39 Å². The third-order valence-electron chi connectivity index (χ3n) is 5.47. The first kappa shape index (κ1) is 22.4. The van der Waals surface area contributed by atoms with Gasteiger partial charge in [0.25, 0.3) is 0 Å². The van der Waals surface area contributed by atoms with E-state index in [9.17, 15) is 14.0 Å². The van der Waals surface area contributed by atoms with Gasteiger partial charge in [-0.2, -0.15) is 0 Å². The molecule has 0 saturated carbocycles. The summed E-state index contributed by atoms with van der Waals surface area (Å²) in [6, 6.07) is 3.86. The molecule has 8 heteroatoms. The molecule has 2 amide bonds. The number of thioether (sulfide) groups is 1. The minimum Gasteiger partial charge on any atom is -0.352 e. The second-order valence-corrected chi connectivity index (χ2v) is 10.1. The van der Waals surface area contributed by atoms with E-state index in [-0.39, 0.29) is 30.2 Å². The largest absolute Gasteiger partial charge is 0.352 e. The fourth-order valence-electron chi connectivity index (χ4n) is 3.90. The van der Waals surface area contributed by atoms with Crippen LogP contribution in [0.15, 0.2) is 18.2 Å². The van der Waals surface area contributed by atoms with E-state index < -0.39 is 11.5 Å². The predicted octanol–water partition coefficient (Wildman–Crippen LogP) is 3.68. The number of hydrogen-bond acceptors (Lipinski definition) is 4. The van der Waals surface area contributed by atoms with Crippen molar-refractivity contribution in [3.63, 3.8) is 0 Å². The Morgan fingerprint density at radius 2 is 2.00 bits per heavy atom. The Balaban J connectivity index is 1.74. The molecule has 0 bridgehead atoms. The number of halogens is 2. The van der Waals surface area contributed by atoms with Gasteiger partial charge in [0.05, 0.1) is 11.9 Å². The van der Waals surface area contributed by atoms with Crippen molar-refractivity contribution in [1.29, 1.82) is 0 Å². The molecule has 2 atom stereocenters. The van der Waals surface area contributed by atoms with Gasteiger partial charge in [-0.05, 0) is 38.1 Å². The number of carbonyl (C=O) groups excluding carboxylic acids is 2. The maximum atomic E-state index is 14.6. The van der Waals surface area contributed by atoms with Crippen molar-refractivity contribution in [1.82, 2.24) is 15.1 Å². The van der Waals surface area contributed by atoms with E-state index in [2.05, 4.69) is 10.2 Å². The zero-order valence-electron chi connectivity index (χ0n) is 17.2. The molecular weight excluding hydrogens is 413 g/mol. The van der Waals surface area contributed by atoms with Gasteiger partial charge in [0.15, 0.2) is 0 Å². The third-order valence-corrected chi connectivity index (χ3v) is 6.81. The molecule has 1 aromatic carbocycles. The summed E-state index contributed by atoms with van der Waals surface area (Å²) in [6.45, 7) is 7.53. The molecule has 2 aliphatic heterocycles. The molecule has 0 aromatic heterocycles. The highest BCUT2D eigenvalue weighted by molar-refractivity contribution is 7.99. The Kier molecular flexibility index (Phi) is 7.12. The molecule has 5 nitrogen and oxygen atoms in total. The first-order chi connectivity index (χ1) is 13.7. The van der Waals surface area contributed by atoms with Gasteiger partial charge in [0.1, 0.15) is 11.9 Å². The van der Waals surface area contributed by atoms with Crippen molar-refractivity contribution in [2.45, 2.75) is 45.7 Å². The summed E-state index contributed by atoms with van der Waals surface area (Å²) in [5, 5.41) is 3.35. The molecule has 2 fully saturated rings. The van der Waals surface area contributed by atoms with Crippen molar-refractivity contribution < 1.29 is 14.0 Å². The van der Waals surface area contributed by atoms with Crippen LogP contribution < -0.4 is 5.32 Å².